The van der Waals surface area contributed by atoms with Crippen LogP contribution in [0.3, 0.4) is 0 Å². The average molecular weight is 630 g/mol. The van der Waals surface area contributed by atoms with E-state index in [2.05, 4.69) is 11.8 Å². The quantitative estimate of drug-likeness (QED) is 0.191. The molecule has 42 heavy (non-hydrogen) atoms. The lowest BCUT2D eigenvalue weighted by Crippen LogP contribution is -2.44. The van der Waals surface area contributed by atoms with Crippen molar-refractivity contribution in [1.29, 1.82) is 0 Å². The molecule has 4 nitrogen and oxygen atoms in total. The number of thiocarbonyl (C=S) groups is 1. The molecule has 0 amide bonds. The first kappa shape index (κ1) is 30.3. The number of hydrogen-bond donors (Lipinski definition) is 0. The third-order valence-corrected chi connectivity index (χ3v) is 8.91. The Labute approximate surface area is 258 Å². The highest BCUT2D eigenvalue weighted by Gasteiger charge is 2.40. The summed E-state index contributed by atoms with van der Waals surface area (Å²) in [6.07, 6.45) is -2.34. The Bertz CT molecular complexity index is 1670. The molecule has 0 unspecified atom stereocenters. The van der Waals surface area contributed by atoms with E-state index < -0.39 is 17.3 Å². The van der Waals surface area contributed by atoms with Crippen molar-refractivity contribution in [2.45, 2.75) is 51.7 Å². The van der Waals surface area contributed by atoms with Gasteiger partial charge < -0.3 is 4.90 Å². The lowest BCUT2D eigenvalue weighted by molar-refractivity contribution is -0.137. The van der Waals surface area contributed by atoms with Gasteiger partial charge in [0.2, 0.25) is 0 Å². The molecule has 1 aliphatic heterocycles. The number of alkyl halides is 3. The zero-order valence-corrected chi connectivity index (χ0v) is 25.9. The lowest BCUT2D eigenvalue weighted by atomic mass is 9.98. The maximum absolute atomic E-state index is 12.9. The molecule has 2 heterocycles. The predicted molar refractivity (Wildman–Crippen MR) is 168 cm³/mol. The highest BCUT2D eigenvalue weighted by Crippen LogP contribution is 2.36. The number of likely N-dealkylation sites (N-methyl/N-ethyl adjacent to an activating group) is 1. The third-order valence-electron chi connectivity index (χ3n) is 7.78. The summed E-state index contributed by atoms with van der Waals surface area (Å²) < 4.78 is 40.6. The van der Waals surface area contributed by atoms with Gasteiger partial charge in [0.15, 0.2) is 5.84 Å². The number of rotatable bonds is 7. The Morgan fingerprint density at radius 1 is 0.905 bits per heavy atom. The van der Waals surface area contributed by atoms with E-state index in [-0.39, 0.29) is 0 Å². The normalized spacial score (nSPS) is 14.9. The molecular weight excluding hydrogens is 600 g/mol. The van der Waals surface area contributed by atoms with E-state index in [0.717, 1.165) is 45.8 Å². The monoisotopic (exact) mass is 628 g/mol. The number of aliphatic imine (C=N–C) groups is 1. The van der Waals surface area contributed by atoms with Gasteiger partial charge in [-0.2, -0.15) is 18.3 Å². The van der Waals surface area contributed by atoms with Gasteiger partial charge in [0.1, 0.15) is 10.7 Å². The van der Waals surface area contributed by atoms with Gasteiger partial charge in [-0.05, 0) is 74.6 Å². The first-order valence-electron chi connectivity index (χ1n) is 13.5. The Morgan fingerprint density at radius 3 is 2.00 bits per heavy atom. The van der Waals surface area contributed by atoms with Crippen LogP contribution in [0, 0.1) is 0 Å². The summed E-state index contributed by atoms with van der Waals surface area (Å²) in [6, 6.07) is 18.8. The van der Waals surface area contributed by atoms with Crippen LogP contribution in [0.25, 0.3) is 16.9 Å². The Hall–Kier alpha value is -3.20. The standard InChI is InChI=1S/C32H29Cl2F3N4S/c1-5-24-27(29-38-30(42)31(2,3)40(29)4)39-41(26-17-16-23(33)18-25(26)34)28(24)21-12-8-19(9-13-21)6-7-20-10-14-22(15-11-20)32(35,36)37/h8-18H,5-7H2,1-4H3. The van der Waals surface area contributed by atoms with Gasteiger partial charge in [0.05, 0.1) is 27.5 Å². The minimum Gasteiger partial charge on any atom is -0.346 e. The zero-order chi connectivity index (χ0) is 30.4. The van der Waals surface area contributed by atoms with E-state index in [9.17, 15) is 13.2 Å². The molecule has 10 heteroatoms. The van der Waals surface area contributed by atoms with Crippen molar-refractivity contribution in [2.75, 3.05) is 7.05 Å². The highest BCUT2D eigenvalue weighted by atomic mass is 35.5. The largest absolute Gasteiger partial charge is 0.416 e. The SMILES string of the molecule is CCc1c(C2=NC(=S)C(C)(C)N2C)nn(-c2ccc(Cl)cc2Cl)c1-c1ccc(CCc2ccc(C(F)(F)F)cc2)cc1. The third kappa shape index (κ3) is 5.72. The minimum absolute atomic E-state index is 0.424. The summed E-state index contributed by atoms with van der Waals surface area (Å²) in [7, 11) is 1.97. The van der Waals surface area contributed by atoms with Crippen LogP contribution in [0.15, 0.2) is 71.7 Å². The predicted octanol–water partition coefficient (Wildman–Crippen LogP) is 9.01. The van der Waals surface area contributed by atoms with Gasteiger partial charge in [-0.3, -0.25) is 0 Å². The number of amidine groups is 1. The Kier molecular flexibility index (Phi) is 8.27. The van der Waals surface area contributed by atoms with Crippen molar-refractivity contribution in [3.63, 3.8) is 0 Å². The van der Waals surface area contributed by atoms with Crippen LogP contribution >= 0.6 is 35.4 Å². The Morgan fingerprint density at radius 2 is 1.50 bits per heavy atom. The molecule has 0 bridgehead atoms. The molecule has 0 N–H and O–H groups in total. The van der Waals surface area contributed by atoms with Crippen molar-refractivity contribution in [3.8, 4) is 16.9 Å². The summed E-state index contributed by atoms with van der Waals surface area (Å²) in [5, 5.41) is 6.04. The molecule has 0 saturated carbocycles. The number of halogens is 5. The fraction of sp³-hybridized carbons (Fsp3) is 0.281. The molecule has 0 aliphatic carbocycles. The summed E-state index contributed by atoms with van der Waals surface area (Å²) in [5.74, 6) is 0.708. The summed E-state index contributed by atoms with van der Waals surface area (Å²) in [5.41, 5.74) is 5.11. The first-order chi connectivity index (χ1) is 19.8. The Balaban J connectivity index is 1.52. The van der Waals surface area contributed by atoms with Gasteiger partial charge >= 0.3 is 6.18 Å². The van der Waals surface area contributed by atoms with Crippen LogP contribution < -0.4 is 0 Å². The van der Waals surface area contributed by atoms with Gasteiger partial charge in [0, 0.05) is 23.2 Å². The van der Waals surface area contributed by atoms with Gasteiger partial charge in [-0.25, -0.2) is 9.67 Å². The number of benzene rings is 3. The maximum atomic E-state index is 12.9. The maximum Gasteiger partial charge on any atom is 0.416 e. The van der Waals surface area contributed by atoms with Crippen LogP contribution in [0.1, 0.15) is 48.7 Å². The van der Waals surface area contributed by atoms with Crippen LogP contribution in [0.2, 0.25) is 10.0 Å². The molecule has 0 atom stereocenters. The van der Waals surface area contributed by atoms with Crippen molar-refractivity contribution < 1.29 is 13.2 Å². The van der Waals surface area contributed by atoms with E-state index in [4.69, 9.17) is 45.5 Å². The molecule has 0 fully saturated rings. The van der Waals surface area contributed by atoms with E-state index in [0.29, 0.717) is 45.8 Å². The van der Waals surface area contributed by atoms with Gasteiger partial charge in [-0.1, -0.05) is 78.7 Å². The summed E-state index contributed by atoms with van der Waals surface area (Å²) in [6.45, 7) is 6.15. The molecule has 0 saturated heterocycles. The molecule has 5 rings (SSSR count). The van der Waals surface area contributed by atoms with Crippen molar-refractivity contribution in [3.05, 3.63) is 105 Å². The molecule has 4 aromatic rings. The van der Waals surface area contributed by atoms with E-state index in [1.54, 1.807) is 12.1 Å². The topological polar surface area (TPSA) is 33.4 Å². The van der Waals surface area contributed by atoms with Gasteiger partial charge in [-0.15, -0.1) is 0 Å². The number of nitrogens with zero attached hydrogens (tertiary/aromatic N) is 4. The van der Waals surface area contributed by atoms with Crippen LogP contribution in [-0.4, -0.2) is 38.1 Å². The lowest BCUT2D eigenvalue weighted by Gasteiger charge is -2.29. The van der Waals surface area contributed by atoms with Crippen molar-refractivity contribution in [1.82, 2.24) is 14.7 Å². The molecular formula is C32H29Cl2F3N4S. The molecule has 0 radical (unpaired) electrons. The summed E-state index contributed by atoms with van der Waals surface area (Å²) in [4.78, 5) is 7.40. The minimum atomic E-state index is -4.34. The van der Waals surface area contributed by atoms with Crippen molar-refractivity contribution in [2.24, 2.45) is 4.99 Å². The molecule has 0 spiro atoms. The van der Waals surface area contributed by atoms with E-state index in [1.165, 1.54) is 12.1 Å². The highest BCUT2D eigenvalue weighted by molar-refractivity contribution is 7.80. The second kappa shape index (κ2) is 11.5. The number of hydrogen-bond acceptors (Lipinski definition) is 3. The number of aromatic nitrogens is 2. The average Bonchev–Trinajstić information content (AvgIpc) is 3.41. The second-order valence-electron chi connectivity index (χ2n) is 10.8. The summed E-state index contributed by atoms with van der Waals surface area (Å²) >= 11 is 18.5. The van der Waals surface area contributed by atoms with Crippen molar-refractivity contribution >= 4 is 46.2 Å². The zero-order valence-electron chi connectivity index (χ0n) is 23.6. The van der Waals surface area contributed by atoms with Crippen LogP contribution in [-0.2, 0) is 25.4 Å². The number of aryl methyl sites for hydroxylation is 2. The second-order valence-corrected chi connectivity index (χ2v) is 12.0. The van der Waals surface area contributed by atoms with Crippen LogP contribution in [0.4, 0.5) is 13.2 Å². The molecule has 1 aliphatic rings. The molecule has 1 aromatic heterocycles. The fourth-order valence-corrected chi connectivity index (χ4v) is 5.71. The van der Waals surface area contributed by atoms with E-state index in [1.807, 2.05) is 55.9 Å². The van der Waals surface area contributed by atoms with Gasteiger partial charge in [0.25, 0.3) is 0 Å². The molecule has 218 valence electrons. The molecule has 3 aromatic carbocycles. The fourth-order valence-electron chi connectivity index (χ4n) is 5.00. The first-order valence-corrected chi connectivity index (χ1v) is 14.7. The smallest absolute Gasteiger partial charge is 0.346 e. The van der Waals surface area contributed by atoms with E-state index >= 15 is 0 Å². The van der Waals surface area contributed by atoms with Crippen LogP contribution in [0.5, 0.6) is 0 Å².